The molecule has 0 atom stereocenters. The number of rotatable bonds is 10. The van der Waals surface area contributed by atoms with Crippen molar-refractivity contribution in [2.75, 3.05) is 19.1 Å². The highest BCUT2D eigenvalue weighted by Crippen LogP contribution is 2.58. The monoisotopic (exact) mass is 511 g/mol. The normalized spacial score (nSPS) is 15.1. The van der Waals surface area contributed by atoms with Gasteiger partial charge in [-0.05, 0) is 30.7 Å². The van der Waals surface area contributed by atoms with Crippen LogP contribution in [0.1, 0.15) is 19.8 Å². The lowest BCUT2D eigenvalue weighted by molar-refractivity contribution is -0.382. The molecule has 0 bridgehead atoms. The van der Waals surface area contributed by atoms with E-state index in [4.69, 9.17) is 4.74 Å². The molecule has 0 fully saturated rings. The zero-order valence-electron chi connectivity index (χ0n) is 16.3. The minimum absolute atomic E-state index is 0.0550. The van der Waals surface area contributed by atoms with Crippen LogP contribution in [-0.2, 0) is 10.1 Å². The molecule has 0 amide bonds. The van der Waals surface area contributed by atoms with Gasteiger partial charge >= 0.3 is 33.4 Å². The van der Waals surface area contributed by atoms with Gasteiger partial charge in [-0.2, -0.15) is 39.5 Å². The van der Waals surface area contributed by atoms with E-state index in [2.05, 4.69) is 3.63 Å². The van der Waals surface area contributed by atoms with Crippen LogP contribution in [0.3, 0.4) is 0 Å². The van der Waals surface area contributed by atoms with Gasteiger partial charge in [-0.25, -0.2) is 0 Å². The third kappa shape index (κ3) is 5.35. The largest absolute Gasteiger partial charge is 0.494 e. The topological polar surface area (TPSA) is 56.2 Å². The van der Waals surface area contributed by atoms with E-state index in [1.165, 1.54) is 24.3 Å². The Morgan fingerprint density at radius 3 is 1.77 bits per heavy atom. The zero-order valence-corrected chi connectivity index (χ0v) is 18.0. The molecule has 0 aliphatic carbocycles. The molecule has 0 spiro atoms. The molecule has 0 radical (unpaired) electrons. The van der Waals surface area contributed by atoms with Crippen LogP contribution in [0, 0.1) is 0 Å². The second-order valence-corrected chi connectivity index (χ2v) is 11.7. The van der Waals surface area contributed by atoms with Gasteiger partial charge < -0.3 is 4.74 Å². The van der Waals surface area contributed by atoms with Gasteiger partial charge in [0, 0.05) is 22.8 Å². The van der Waals surface area contributed by atoms with E-state index in [1.807, 2.05) is 6.92 Å². The molecule has 0 aliphatic heterocycles. The first kappa shape index (κ1) is 27.7. The quantitative estimate of drug-likeness (QED) is 0.166. The van der Waals surface area contributed by atoms with Crippen molar-refractivity contribution < 1.29 is 56.3 Å². The molecule has 1 aromatic rings. The van der Waals surface area contributed by atoms with Gasteiger partial charge in [-0.3, -0.25) is 3.63 Å². The Morgan fingerprint density at radius 1 is 0.871 bits per heavy atom. The lowest BCUT2D eigenvalue weighted by atomic mass is 10.1. The Bertz CT molecular complexity index is 851. The average molecular weight is 511 g/mol. The first-order valence-electron chi connectivity index (χ1n) is 8.40. The third-order valence-electron chi connectivity index (χ3n) is 3.89. The van der Waals surface area contributed by atoms with E-state index in [0.717, 1.165) is 25.4 Å². The minimum atomic E-state index is -7.33. The summed E-state index contributed by atoms with van der Waals surface area (Å²) in [5.74, 6) is -14.3. The molecule has 1 rings (SSSR count). The molecule has 31 heavy (non-hydrogen) atoms. The summed E-state index contributed by atoms with van der Waals surface area (Å²) in [4.78, 5) is -0.0550. The highest BCUT2D eigenvalue weighted by atomic mass is 32.3. The maximum Gasteiger partial charge on any atom is 0.486 e. The zero-order chi connectivity index (χ0) is 24.5. The van der Waals surface area contributed by atoms with Crippen molar-refractivity contribution in [3.63, 3.8) is 0 Å². The van der Waals surface area contributed by atoms with Crippen molar-refractivity contribution in [2.24, 2.45) is 0 Å². The smallest absolute Gasteiger partial charge is 0.486 e. The van der Waals surface area contributed by atoms with Crippen LogP contribution in [0.4, 0.5) is 39.5 Å². The fraction of sp³-hybridized carbons (Fsp3) is 0.625. The molecule has 182 valence electrons. The molecule has 1 N–H and O–H groups in total. The number of benzene rings is 1. The predicted molar refractivity (Wildman–Crippen MR) is 97.0 cm³/mol. The minimum Gasteiger partial charge on any atom is -0.494 e. The van der Waals surface area contributed by atoms with Gasteiger partial charge in [0.15, 0.2) is 0 Å². The maximum absolute atomic E-state index is 13.9. The first-order valence-corrected chi connectivity index (χ1v) is 12.2. The molecule has 4 nitrogen and oxygen atoms in total. The summed E-state index contributed by atoms with van der Waals surface area (Å²) >= 11 is 0. The summed E-state index contributed by atoms with van der Waals surface area (Å²) < 4.78 is 149. The van der Waals surface area contributed by atoms with Crippen molar-refractivity contribution in [3.8, 4) is 5.75 Å². The third-order valence-corrected chi connectivity index (χ3v) is 8.50. The molecule has 0 saturated heterocycles. The second kappa shape index (κ2) is 8.89. The summed E-state index contributed by atoms with van der Waals surface area (Å²) in [6, 6.07) is 5.01. The first-order chi connectivity index (χ1) is 13.7. The van der Waals surface area contributed by atoms with Crippen LogP contribution in [0.15, 0.2) is 29.2 Å². The summed E-state index contributed by atoms with van der Waals surface area (Å²) in [7, 11) is -10.1. The molecule has 0 saturated carbocycles. The van der Waals surface area contributed by atoms with Crippen molar-refractivity contribution in [3.05, 3.63) is 24.3 Å². The fourth-order valence-corrected chi connectivity index (χ4v) is 6.00. The van der Waals surface area contributed by atoms with Crippen LogP contribution in [0.25, 0.3) is 0 Å². The van der Waals surface area contributed by atoms with Crippen LogP contribution < -0.4 is 4.74 Å². The Labute approximate surface area is 174 Å². The molecule has 0 heterocycles. The van der Waals surface area contributed by atoms with Crippen molar-refractivity contribution in [1.29, 1.82) is 0 Å². The van der Waals surface area contributed by atoms with E-state index < -0.39 is 43.7 Å². The standard InChI is InChI=1S/C16H19F9O4S2/c1-4-5-10-28-11-6-8-12(9-7-11)30(2,3)29-31(26,27)16(24,25)14(19,20)13(17,18)15(21,22)23/h6-9H,4-5,10H2,1-3H3/p+1. The van der Waals surface area contributed by atoms with Crippen LogP contribution in [0.5, 0.6) is 5.75 Å². The summed E-state index contributed by atoms with van der Waals surface area (Å²) in [6.07, 6.45) is -3.68. The lowest BCUT2D eigenvalue weighted by Gasteiger charge is -2.33. The lowest BCUT2D eigenvalue weighted by Crippen LogP contribution is -2.63. The molecule has 0 aromatic heterocycles. The number of unbranched alkanes of at least 4 members (excludes halogenated alkanes) is 1. The SMILES string of the molecule is CCCCOc1ccc(S(C)(C)[OH+]S(=O)(=O)C(F)(F)C(F)(F)C(F)(F)C(F)(F)F)cc1. The number of alkyl halides is 9. The van der Waals surface area contributed by atoms with E-state index in [-0.39, 0.29) is 4.90 Å². The number of ether oxygens (including phenoxy) is 1. The summed E-state index contributed by atoms with van der Waals surface area (Å²) in [5.41, 5.74) is 0. The van der Waals surface area contributed by atoms with Gasteiger partial charge in [-0.1, -0.05) is 13.3 Å². The Balaban J connectivity index is 3.21. The van der Waals surface area contributed by atoms with Gasteiger partial charge in [0.25, 0.3) is 0 Å². The van der Waals surface area contributed by atoms with E-state index >= 15 is 0 Å². The molecular formula is C16H20F9O4S2+. The van der Waals surface area contributed by atoms with E-state index in [9.17, 15) is 47.9 Å². The van der Waals surface area contributed by atoms with Gasteiger partial charge in [0.1, 0.15) is 5.75 Å². The van der Waals surface area contributed by atoms with Crippen molar-refractivity contribution in [2.45, 2.75) is 47.9 Å². The number of hydrogen-bond acceptors (Lipinski definition) is 3. The van der Waals surface area contributed by atoms with Crippen LogP contribution in [0.2, 0.25) is 0 Å². The van der Waals surface area contributed by atoms with Crippen molar-refractivity contribution in [1.82, 2.24) is 0 Å². The molecule has 0 aliphatic rings. The average Bonchev–Trinajstić information content (AvgIpc) is 2.60. The van der Waals surface area contributed by atoms with Gasteiger partial charge in [0.05, 0.1) is 11.5 Å². The molecule has 1 aromatic carbocycles. The molecule has 0 unspecified atom stereocenters. The van der Waals surface area contributed by atoms with Gasteiger partial charge in [-0.15, -0.1) is 8.42 Å². The highest BCUT2D eigenvalue weighted by molar-refractivity contribution is 8.31. The predicted octanol–water partition coefficient (Wildman–Crippen LogP) is 6.05. The highest BCUT2D eigenvalue weighted by Gasteiger charge is 2.87. The molecule has 15 heteroatoms. The van der Waals surface area contributed by atoms with Crippen LogP contribution in [-0.4, -0.2) is 54.4 Å². The Morgan fingerprint density at radius 2 is 1.35 bits per heavy atom. The van der Waals surface area contributed by atoms with Gasteiger partial charge in [0.2, 0.25) is 0 Å². The number of hydrogen-bond donors (Lipinski definition) is 0. The Kier molecular flexibility index (Phi) is 7.93. The second-order valence-electron chi connectivity index (χ2n) is 6.66. The van der Waals surface area contributed by atoms with Crippen molar-refractivity contribution >= 4 is 20.4 Å². The maximum atomic E-state index is 13.9. The molecular weight excluding hydrogens is 491 g/mol. The Hall–Kier alpha value is -1.35. The number of halogens is 9. The van der Waals surface area contributed by atoms with Crippen LogP contribution >= 0.6 is 10.3 Å². The van der Waals surface area contributed by atoms with E-state index in [0.29, 0.717) is 12.4 Å². The van der Waals surface area contributed by atoms with E-state index in [1.54, 1.807) is 0 Å². The summed E-state index contributed by atoms with van der Waals surface area (Å²) in [5, 5.41) is -6.84. The summed E-state index contributed by atoms with van der Waals surface area (Å²) in [6.45, 7) is 2.25. The fourth-order valence-electron chi connectivity index (χ4n) is 2.06.